The average molecular weight is 294 g/mol. The molecule has 0 saturated heterocycles. The van der Waals surface area contributed by atoms with Crippen LogP contribution in [0.2, 0.25) is 5.02 Å². The fraction of sp³-hybridized carbons (Fsp3) is 0.400. The van der Waals surface area contributed by atoms with E-state index in [2.05, 4.69) is 14.9 Å². The molecule has 4 nitrogen and oxygen atoms in total. The summed E-state index contributed by atoms with van der Waals surface area (Å²) in [5.41, 5.74) is 1.20. The molecule has 0 saturated carbocycles. The van der Waals surface area contributed by atoms with Crippen molar-refractivity contribution in [2.24, 2.45) is 0 Å². The molecule has 0 aliphatic rings. The molecular formula is C15H20ClN3O. The number of ether oxygens (including phenoxy) is 1. The highest BCUT2D eigenvalue weighted by molar-refractivity contribution is 6.30. The van der Waals surface area contributed by atoms with Gasteiger partial charge >= 0.3 is 0 Å². The van der Waals surface area contributed by atoms with Crippen LogP contribution in [0.1, 0.15) is 18.9 Å². The smallest absolute Gasteiger partial charge is 0.203 e. The Kier molecular flexibility index (Phi) is 5.89. The van der Waals surface area contributed by atoms with E-state index in [0.717, 1.165) is 43.7 Å². The second-order valence-electron chi connectivity index (χ2n) is 4.48. The van der Waals surface area contributed by atoms with Crippen molar-refractivity contribution in [3.05, 3.63) is 47.2 Å². The minimum Gasteiger partial charge on any atom is -0.382 e. The van der Waals surface area contributed by atoms with E-state index < -0.39 is 0 Å². The van der Waals surface area contributed by atoms with E-state index in [0.29, 0.717) is 0 Å². The summed E-state index contributed by atoms with van der Waals surface area (Å²) < 4.78 is 7.40. The predicted octanol–water partition coefficient (Wildman–Crippen LogP) is 3.42. The molecule has 108 valence electrons. The third-order valence-corrected chi connectivity index (χ3v) is 3.19. The maximum Gasteiger partial charge on any atom is 0.203 e. The van der Waals surface area contributed by atoms with Gasteiger partial charge in [0.15, 0.2) is 0 Å². The number of imidazole rings is 1. The number of nitrogens with one attached hydrogen (secondary N) is 1. The van der Waals surface area contributed by atoms with Crippen LogP contribution in [0.15, 0.2) is 36.7 Å². The van der Waals surface area contributed by atoms with Crippen molar-refractivity contribution in [2.45, 2.75) is 19.9 Å². The molecule has 0 bridgehead atoms. The van der Waals surface area contributed by atoms with Crippen molar-refractivity contribution in [3.63, 3.8) is 0 Å². The van der Waals surface area contributed by atoms with Crippen LogP contribution in [0.4, 0.5) is 5.95 Å². The minimum atomic E-state index is 0.758. The molecule has 0 atom stereocenters. The molecule has 0 fully saturated rings. The Balaban J connectivity index is 1.86. The van der Waals surface area contributed by atoms with Gasteiger partial charge in [-0.05, 0) is 31.0 Å². The molecule has 2 aromatic rings. The minimum absolute atomic E-state index is 0.758. The van der Waals surface area contributed by atoms with E-state index in [1.165, 1.54) is 5.56 Å². The molecule has 0 aliphatic heterocycles. The number of hydrogen-bond donors (Lipinski definition) is 1. The summed E-state index contributed by atoms with van der Waals surface area (Å²) in [6.45, 7) is 5.20. The highest BCUT2D eigenvalue weighted by atomic mass is 35.5. The van der Waals surface area contributed by atoms with Crippen molar-refractivity contribution in [3.8, 4) is 0 Å². The molecule has 0 unspecified atom stereocenters. The predicted molar refractivity (Wildman–Crippen MR) is 82.4 cm³/mol. The first-order chi connectivity index (χ1) is 9.79. The van der Waals surface area contributed by atoms with Crippen LogP contribution in [-0.4, -0.2) is 29.3 Å². The van der Waals surface area contributed by atoms with Crippen LogP contribution >= 0.6 is 11.6 Å². The average Bonchev–Trinajstić information content (AvgIpc) is 2.89. The highest BCUT2D eigenvalue weighted by Crippen LogP contribution is 2.13. The molecule has 20 heavy (non-hydrogen) atoms. The van der Waals surface area contributed by atoms with Crippen LogP contribution in [0.3, 0.4) is 0 Å². The lowest BCUT2D eigenvalue weighted by Gasteiger charge is -2.10. The number of aromatic nitrogens is 2. The van der Waals surface area contributed by atoms with Crippen LogP contribution in [0.5, 0.6) is 0 Å². The molecule has 2 rings (SSSR count). The second-order valence-corrected chi connectivity index (χ2v) is 4.92. The Labute approximate surface area is 124 Å². The van der Waals surface area contributed by atoms with Crippen LogP contribution in [0, 0.1) is 0 Å². The molecule has 0 aliphatic carbocycles. The first kappa shape index (κ1) is 14.9. The number of rotatable bonds is 8. The zero-order valence-corrected chi connectivity index (χ0v) is 12.4. The van der Waals surface area contributed by atoms with Gasteiger partial charge in [0.25, 0.3) is 0 Å². The zero-order valence-electron chi connectivity index (χ0n) is 11.7. The third-order valence-electron chi connectivity index (χ3n) is 2.93. The zero-order chi connectivity index (χ0) is 14.2. The van der Waals surface area contributed by atoms with E-state index in [4.69, 9.17) is 16.3 Å². The SMILES string of the molecule is CCOCCCNc1nccn1Cc1ccc(Cl)cc1. The van der Waals surface area contributed by atoms with Gasteiger partial charge in [-0.15, -0.1) is 0 Å². The largest absolute Gasteiger partial charge is 0.382 e. The summed E-state index contributed by atoms with van der Waals surface area (Å²) in [6, 6.07) is 7.87. The molecular weight excluding hydrogens is 274 g/mol. The third kappa shape index (κ3) is 4.54. The summed E-state index contributed by atoms with van der Waals surface area (Å²) >= 11 is 5.89. The lowest BCUT2D eigenvalue weighted by atomic mass is 10.2. The summed E-state index contributed by atoms with van der Waals surface area (Å²) in [5.74, 6) is 0.886. The van der Waals surface area contributed by atoms with Crippen molar-refractivity contribution >= 4 is 17.5 Å². The highest BCUT2D eigenvalue weighted by Gasteiger charge is 2.03. The van der Waals surface area contributed by atoms with Gasteiger partial charge in [0, 0.05) is 37.2 Å². The summed E-state index contributed by atoms with van der Waals surface area (Å²) in [5, 5.41) is 4.09. The summed E-state index contributed by atoms with van der Waals surface area (Å²) in [7, 11) is 0. The van der Waals surface area contributed by atoms with Crippen LogP contribution < -0.4 is 5.32 Å². The van der Waals surface area contributed by atoms with Gasteiger partial charge in [-0.1, -0.05) is 23.7 Å². The second kappa shape index (κ2) is 7.92. The first-order valence-electron chi connectivity index (χ1n) is 6.87. The maximum atomic E-state index is 5.89. The van der Waals surface area contributed by atoms with E-state index in [1.807, 2.05) is 37.4 Å². The quantitative estimate of drug-likeness (QED) is 0.758. The van der Waals surface area contributed by atoms with Crippen molar-refractivity contribution in [1.82, 2.24) is 9.55 Å². The Hall–Kier alpha value is -1.52. The van der Waals surface area contributed by atoms with Gasteiger partial charge < -0.3 is 14.6 Å². The first-order valence-corrected chi connectivity index (χ1v) is 7.24. The number of benzene rings is 1. The molecule has 5 heteroatoms. The Morgan fingerprint density at radius 2 is 2.10 bits per heavy atom. The van der Waals surface area contributed by atoms with Gasteiger partial charge in [0.1, 0.15) is 0 Å². The van der Waals surface area contributed by atoms with Crippen LogP contribution in [-0.2, 0) is 11.3 Å². The number of nitrogens with zero attached hydrogens (tertiary/aromatic N) is 2. The van der Waals surface area contributed by atoms with E-state index in [9.17, 15) is 0 Å². The summed E-state index contributed by atoms with van der Waals surface area (Å²) in [6.07, 6.45) is 4.75. The van der Waals surface area contributed by atoms with Gasteiger partial charge in [-0.3, -0.25) is 0 Å². The fourth-order valence-corrected chi connectivity index (χ4v) is 2.04. The van der Waals surface area contributed by atoms with Gasteiger partial charge in [0.05, 0.1) is 6.54 Å². The van der Waals surface area contributed by atoms with E-state index in [1.54, 1.807) is 6.20 Å². The molecule has 0 radical (unpaired) electrons. The Bertz CT molecular complexity index is 510. The van der Waals surface area contributed by atoms with Crippen molar-refractivity contribution in [2.75, 3.05) is 25.1 Å². The Morgan fingerprint density at radius 1 is 1.30 bits per heavy atom. The number of anilines is 1. The lowest BCUT2D eigenvalue weighted by molar-refractivity contribution is 0.147. The maximum absolute atomic E-state index is 5.89. The van der Waals surface area contributed by atoms with Crippen molar-refractivity contribution < 1.29 is 4.74 Å². The fourth-order valence-electron chi connectivity index (χ4n) is 1.91. The molecule has 0 spiro atoms. The summed E-state index contributed by atoms with van der Waals surface area (Å²) in [4.78, 5) is 4.33. The topological polar surface area (TPSA) is 39.1 Å². The molecule has 0 amide bonds. The number of hydrogen-bond acceptors (Lipinski definition) is 3. The molecule has 1 heterocycles. The van der Waals surface area contributed by atoms with E-state index in [-0.39, 0.29) is 0 Å². The van der Waals surface area contributed by atoms with Gasteiger partial charge in [0.2, 0.25) is 5.95 Å². The Morgan fingerprint density at radius 3 is 2.85 bits per heavy atom. The molecule has 1 aromatic heterocycles. The monoisotopic (exact) mass is 293 g/mol. The lowest BCUT2D eigenvalue weighted by Crippen LogP contribution is -2.11. The number of halogens is 1. The van der Waals surface area contributed by atoms with Crippen molar-refractivity contribution in [1.29, 1.82) is 0 Å². The van der Waals surface area contributed by atoms with Gasteiger partial charge in [-0.2, -0.15) is 0 Å². The van der Waals surface area contributed by atoms with Crippen LogP contribution in [0.25, 0.3) is 0 Å². The normalized spacial score (nSPS) is 10.7. The standard InChI is InChI=1S/C15H20ClN3O/c1-2-20-11-3-8-17-15-18-9-10-19(15)12-13-4-6-14(16)7-5-13/h4-7,9-10H,2-3,8,11-12H2,1H3,(H,17,18). The van der Waals surface area contributed by atoms with Gasteiger partial charge in [-0.25, -0.2) is 4.98 Å². The molecule has 1 N–H and O–H groups in total. The molecule has 1 aromatic carbocycles. The van der Waals surface area contributed by atoms with E-state index >= 15 is 0 Å².